The van der Waals surface area contributed by atoms with Crippen LogP contribution in [-0.2, 0) is 13.2 Å². The maximum absolute atomic E-state index is 7.19. The van der Waals surface area contributed by atoms with Crippen molar-refractivity contribution in [1.29, 1.82) is 0 Å². The van der Waals surface area contributed by atoms with E-state index in [2.05, 4.69) is 152 Å². The van der Waals surface area contributed by atoms with Gasteiger partial charge in [0, 0.05) is 99.0 Å². The van der Waals surface area contributed by atoms with E-state index < -0.39 is 0 Å². The first-order valence-corrected chi connectivity index (χ1v) is 45.8. The maximum atomic E-state index is 7.19. The lowest BCUT2D eigenvalue weighted by molar-refractivity contribution is 0.259. The highest BCUT2D eigenvalue weighted by molar-refractivity contribution is 6.27. The quantitative estimate of drug-likeness (QED) is 0.0201. The number of aromatic nitrogens is 3. The average molecular weight is 1670 g/mol. The smallest absolute Gasteiger partial charge is 0.161 e. The van der Waals surface area contributed by atoms with Gasteiger partial charge in [-0.05, 0) is 170 Å². The van der Waals surface area contributed by atoms with Gasteiger partial charge in [-0.1, -0.05) is 182 Å². The Hall–Kier alpha value is -10.4. The maximum Gasteiger partial charge on any atom is 0.161 e. The summed E-state index contributed by atoms with van der Waals surface area (Å²) in [6.07, 6.45) is 45.5. The second kappa shape index (κ2) is 49.6. The van der Waals surface area contributed by atoms with Gasteiger partial charge in [-0.25, -0.2) is 0 Å². The summed E-state index contributed by atoms with van der Waals surface area (Å²) in [5.74, 6) is 16.6. The van der Waals surface area contributed by atoms with Crippen molar-refractivity contribution in [2.24, 2.45) is 0 Å². The van der Waals surface area contributed by atoms with Gasteiger partial charge in [-0.3, -0.25) is 4.68 Å². The summed E-state index contributed by atoms with van der Waals surface area (Å²) in [5, 5.41) is 15.7. The molecule has 1 aliphatic rings. The fourth-order valence-electron chi connectivity index (χ4n) is 17.1. The zero-order valence-corrected chi connectivity index (χ0v) is 75.6. The molecule has 0 radical (unpaired) electrons. The zero-order valence-electron chi connectivity index (χ0n) is 75.6. The van der Waals surface area contributed by atoms with Crippen molar-refractivity contribution in [2.45, 2.75) is 272 Å². The summed E-state index contributed by atoms with van der Waals surface area (Å²) in [6.45, 7) is 24.4. The van der Waals surface area contributed by atoms with Gasteiger partial charge in [0.25, 0.3) is 0 Å². The molecule has 1 heterocycles. The molecule has 0 saturated heterocycles. The molecule has 1 aliphatic carbocycles. The van der Waals surface area contributed by atoms with Crippen LogP contribution in [0.4, 0.5) is 0 Å². The Morgan fingerprint density at radius 2 is 0.516 bits per heavy atom. The van der Waals surface area contributed by atoms with Gasteiger partial charge in [0.2, 0.25) is 0 Å². The number of hydrogen-bond acceptors (Lipinski definition) is 16. The zero-order chi connectivity index (χ0) is 86.5. The third-order valence-corrected chi connectivity index (χ3v) is 23.3. The minimum Gasteiger partial charge on any atom is -0.496 e. The molecular formula is C105H137N3O14. The molecule has 9 aromatic rings. The molecule has 0 aliphatic heterocycles. The second-order valence-electron chi connectivity index (χ2n) is 32.2. The van der Waals surface area contributed by atoms with Crippen LogP contribution in [0, 0.1) is 37.0 Å². The van der Waals surface area contributed by atoms with E-state index >= 15 is 0 Å². The number of unbranched alkanes of at least 4 members (excludes halogenated alkanes) is 13. The SMILES string of the molecule is C#CCOc1cc(OC)c2cc1C(CCC)c1cc(c(OCC#C)cc1OC)C(CCC)c1cc(c(OCc3cn(CCCCCCOc4cc5c6cc(OCCCCC)c(OCCCCC)cc6c6cc(OCCCCC)c(OCCCCC)cc6c5cc4OCCCCC)nn3)cc1OC)C(CCC)c1cc(c(OCC#C)cc1OC)C2CCC. The van der Waals surface area contributed by atoms with Crippen molar-refractivity contribution >= 4 is 32.3 Å². The molecule has 17 nitrogen and oxygen atoms in total. The minimum atomic E-state index is -0.296. The van der Waals surface area contributed by atoms with Crippen LogP contribution in [-0.4, -0.2) is 103 Å². The lowest BCUT2D eigenvalue weighted by Crippen LogP contribution is -2.15. The Balaban J connectivity index is 0.976. The number of ether oxygens (including phenoxy) is 14. The van der Waals surface area contributed by atoms with Crippen LogP contribution < -0.4 is 66.3 Å². The number of fused-ring (bicyclic) bond motifs is 14. The number of terminal acetylenes is 3. The van der Waals surface area contributed by atoms with Gasteiger partial charge in [-0.15, -0.1) is 24.4 Å². The Kier molecular flexibility index (Phi) is 38.1. The highest BCUT2D eigenvalue weighted by Gasteiger charge is 2.36. The van der Waals surface area contributed by atoms with Crippen LogP contribution in [0.25, 0.3) is 32.3 Å². The highest BCUT2D eigenvalue weighted by atomic mass is 16.5. The van der Waals surface area contributed by atoms with Crippen molar-refractivity contribution in [3.05, 3.63) is 141 Å². The monoisotopic (exact) mass is 1660 g/mol. The summed E-state index contributed by atoms with van der Waals surface area (Å²) in [5.41, 5.74) is 8.27. The largest absolute Gasteiger partial charge is 0.496 e. The Morgan fingerprint density at radius 1 is 0.270 bits per heavy atom. The van der Waals surface area contributed by atoms with Gasteiger partial charge in [-0.2, -0.15) is 0 Å². The van der Waals surface area contributed by atoms with Crippen molar-refractivity contribution in [2.75, 3.05) is 87.9 Å². The van der Waals surface area contributed by atoms with E-state index in [1.165, 1.54) is 0 Å². The van der Waals surface area contributed by atoms with E-state index in [0.717, 1.165) is 278 Å². The Bertz CT molecular complexity index is 4860. The second-order valence-corrected chi connectivity index (χ2v) is 32.2. The van der Waals surface area contributed by atoms with E-state index in [-0.39, 0.29) is 50.1 Å². The number of benzene rings is 8. The molecule has 0 fully saturated rings. The molecule has 122 heavy (non-hydrogen) atoms. The summed E-state index contributed by atoms with van der Waals surface area (Å²) < 4.78 is 95.5. The van der Waals surface area contributed by atoms with E-state index in [4.69, 9.17) is 90.7 Å². The average Bonchev–Trinajstić information content (AvgIpc) is 0.726. The van der Waals surface area contributed by atoms with E-state index in [1.54, 1.807) is 28.4 Å². The number of aryl methyl sites for hydroxylation is 1. The first kappa shape index (κ1) is 93.8. The predicted octanol–water partition coefficient (Wildman–Crippen LogP) is 25.9. The Morgan fingerprint density at radius 3 is 0.762 bits per heavy atom. The molecule has 0 amide bonds. The molecule has 17 heteroatoms. The Labute approximate surface area is 728 Å². The lowest BCUT2D eigenvalue weighted by Gasteiger charge is -2.31. The lowest BCUT2D eigenvalue weighted by atomic mass is 9.76. The third kappa shape index (κ3) is 24.1. The number of nitrogens with zero attached hydrogens (tertiary/aromatic N) is 3. The van der Waals surface area contributed by atoms with E-state index in [1.807, 2.05) is 29.1 Å². The normalized spacial score (nSPS) is 14.2. The molecule has 8 aromatic carbocycles. The molecule has 0 saturated carbocycles. The number of methoxy groups -OCH3 is 4. The molecule has 4 atom stereocenters. The molecule has 4 unspecified atom stereocenters. The van der Waals surface area contributed by atoms with E-state index in [0.29, 0.717) is 104 Å². The topological polar surface area (TPSA) is 160 Å². The summed E-state index contributed by atoms with van der Waals surface area (Å²) in [7, 11) is 6.84. The molecule has 10 rings (SSSR count). The summed E-state index contributed by atoms with van der Waals surface area (Å²) in [6, 6.07) is 30.3. The summed E-state index contributed by atoms with van der Waals surface area (Å²) >= 11 is 0. The van der Waals surface area contributed by atoms with Crippen LogP contribution in [0.15, 0.2) is 91.1 Å². The number of hydrogen-bond donors (Lipinski definition) is 0. The van der Waals surface area contributed by atoms with Crippen molar-refractivity contribution in [1.82, 2.24) is 15.0 Å². The first-order valence-electron chi connectivity index (χ1n) is 45.8. The molecule has 8 bridgehead atoms. The van der Waals surface area contributed by atoms with Crippen LogP contribution in [0.1, 0.15) is 310 Å². The minimum absolute atomic E-state index is 0.0410. The molecule has 0 N–H and O–H groups in total. The van der Waals surface area contributed by atoms with Gasteiger partial charge in [0.15, 0.2) is 34.5 Å². The molecule has 1 aromatic heterocycles. The van der Waals surface area contributed by atoms with Crippen LogP contribution >= 0.6 is 0 Å². The van der Waals surface area contributed by atoms with Gasteiger partial charge in [0.1, 0.15) is 78.1 Å². The van der Waals surface area contributed by atoms with Gasteiger partial charge >= 0.3 is 0 Å². The predicted molar refractivity (Wildman–Crippen MR) is 494 cm³/mol. The molecular weight excluding hydrogens is 1530 g/mol. The van der Waals surface area contributed by atoms with Crippen LogP contribution in [0.2, 0.25) is 0 Å². The third-order valence-electron chi connectivity index (χ3n) is 23.3. The van der Waals surface area contributed by atoms with Gasteiger partial charge < -0.3 is 66.3 Å². The fraction of sp³-hybridized carbons (Fsp3) is 0.524. The summed E-state index contributed by atoms with van der Waals surface area (Å²) in [4.78, 5) is 0. The molecule has 0 spiro atoms. The molecule has 656 valence electrons. The fourth-order valence-corrected chi connectivity index (χ4v) is 17.1. The van der Waals surface area contributed by atoms with E-state index in [9.17, 15) is 0 Å². The van der Waals surface area contributed by atoms with Crippen LogP contribution in [0.3, 0.4) is 0 Å². The van der Waals surface area contributed by atoms with Crippen molar-refractivity contribution < 1.29 is 66.3 Å². The first-order chi connectivity index (χ1) is 59.9. The van der Waals surface area contributed by atoms with Crippen molar-refractivity contribution in [3.63, 3.8) is 0 Å². The van der Waals surface area contributed by atoms with Gasteiger partial charge in [0.05, 0.1) is 74.3 Å². The number of rotatable bonds is 54. The van der Waals surface area contributed by atoms with Crippen LogP contribution in [0.5, 0.6) is 80.5 Å². The highest BCUT2D eigenvalue weighted by Crippen LogP contribution is 2.55. The standard InChI is InChI=1S/C105H137N3O14/c1-17-29-37-51-116-100-61-78-79-62-101(117-52-38-30-18-2)103(119-54-40-32-20-4)64-81(79)83-66-105(104(120-55-41-33-21-5)65-82(83)80(78)63-102(100)118-53-39-31-19-3)121-56-42-35-34-36-47-108-71-73(106-107-108)72-122-99-70-95(112-16)87-60-91(99)77(46-25-9)86-59-90(98(115-50-28-12)69-94(86)111-15)75(44-23-7)84-57-88(96(113-48-26-10)67-92(84)109-13)74(43-22-6)85-58-89(76(87)45-24-8)97(114-49-27-11)68-93(85)110-14/h10-12,57-71,74-77H,17-25,29-56,72H2,1-9,13-16H3. The van der Waals surface area contributed by atoms with Crippen molar-refractivity contribution in [3.8, 4) is 118 Å².